The van der Waals surface area contributed by atoms with Gasteiger partial charge in [0.05, 0.1) is 17.4 Å². The minimum Gasteiger partial charge on any atom is -0.273 e. The van der Waals surface area contributed by atoms with E-state index in [0.29, 0.717) is 5.69 Å². The number of carbonyl (C=O) groups is 2. The Morgan fingerprint density at radius 3 is 2.00 bits per heavy atom. The lowest BCUT2D eigenvalue weighted by molar-refractivity contribution is -0.126. The normalized spacial score (nSPS) is 23.6. The number of hydroxylamine groups is 1. The minimum absolute atomic E-state index is 0.241. The third kappa shape index (κ3) is 2.96. The van der Waals surface area contributed by atoms with Crippen LogP contribution in [-0.4, -0.2) is 17.9 Å². The first-order valence-electron chi connectivity index (χ1n) is 9.34. The van der Waals surface area contributed by atoms with Crippen LogP contribution in [0.1, 0.15) is 11.6 Å². The molecule has 0 bridgehead atoms. The second-order valence-corrected chi connectivity index (χ2v) is 7.97. The van der Waals surface area contributed by atoms with E-state index in [0.717, 1.165) is 15.7 Å². The summed E-state index contributed by atoms with van der Waals surface area (Å²) in [5.41, 5.74) is 2.30. The Hall–Kier alpha value is -2.96. The highest BCUT2D eigenvalue weighted by atomic mass is 79.9. The Morgan fingerprint density at radius 1 is 0.724 bits per heavy atom. The van der Waals surface area contributed by atoms with Crippen molar-refractivity contribution < 1.29 is 14.4 Å². The first-order valence-corrected chi connectivity index (χ1v) is 10.1. The first kappa shape index (κ1) is 18.1. The van der Waals surface area contributed by atoms with Crippen molar-refractivity contribution in [2.75, 3.05) is 9.96 Å². The van der Waals surface area contributed by atoms with Crippen LogP contribution in [0.15, 0.2) is 89.4 Å². The fourth-order valence-electron chi connectivity index (χ4n) is 4.05. The average Bonchev–Trinajstić information content (AvgIpc) is 3.27. The molecule has 0 aromatic heterocycles. The molecule has 2 fully saturated rings. The van der Waals surface area contributed by atoms with Gasteiger partial charge in [-0.05, 0) is 42.0 Å². The van der Waals surface area contributed by atoms with Crippen molar-refractivity contribution in [1.29, 1.82) is 0 Å². The first-order chi connectivity index (χ1) is 14.1. The van der Waals surface area contributed by atoms with Crippen molar-refractivity contribution in [1.82, 2.24) is 0 Å². The molecule has 2 heterocycles. The SMILES string of the molecule is O=C1[C@@H]2[C@H](ON(c3ccccc3)[C@H]2c2ccccc2)C(=O)N1c1ccc(Br)cc1. The van der Waals surface area contributed by atoms with E-state index in [2.05, 4.69) is 15.9 Å². The van der Waals surface area contributed by atoms with E-state index in [1.54, 1.807) is 17.2 Å². The maximum Gasteiger partial charge on any atom is 0.266 e. The fraction of sp³-hybridized carbons (Fsp3) is 0.130. The summed E-state index contributed by atoms with van der Waals surface area (Å²) < 4.78 is 0.884. The molecule has 2 amide bonds. The van der Waals surface area contributed by atoms with E-state index in [4.69, 9.17) is 4.84 Å². The van der Waals surface area contributed by atoms with Crippen LogP contribution < -0.4 is 9.96 Å². The number of fused-ring (bicyclic) bond motifs is 1. The Balaban J connectivity index is 1.58. The van der Waals surface area contributed by atoms with Gasteiger partial charge in [0.1, 0.15) is 5.92 Å². The average molecular weight is 449 g/mol. The quantitative estimate of drug-likeness (QED) is 0.553. The molecule has 0 saturated carbocycles. The Kier molecular flexibility index (Phi) is 4.45. The molecule has 3 aromatic carbocycles. The maximum absolute atomic E-state index is 13.4. The van der Waals surface area contributed by atoms with Gasteiger partial charge < -0.3 is 0 Å². The number of carbonyl (C=O) groups excluding carboxylic acids is 2. The Morgan fingerprint density at radius 2 is 1.34 bits per heavy atom. The molecule has 2 saturated heterocycles. The molecule has 0 radical (unpaired) electrons. The summed E-state index contributed by atoms with van der Waals surface area (Å²) in [6.07, 6.45) is -0.850. The summed E-state index contributed by atoms with van der Waals surface area (Å²) in [6, 6.07) is 26.0. The Labute approximate surface area is 176 Å². The van der Waals surface area contributed by atoms with Crippen molar-refractivity contribution in [2.45, 2.75) is 12.1 Å². The zero-order valence-electron chi connectivity index (χ0n) is 15.3. The number of benzene rings is 3. The molecule has 29 heavy (non-hydrogen) atoms. The summed E-state index contributed by atoms with van der Waals surface area (Å²) in [4.78, 5) is 34.0. The van der Waals surface area contributed by atoms with Gasteiger partial charge in [0.25, 0.3) is 5.91 Å². The molecule has 144 valence electrons. The fourth-order valence-corrected chi connectivity index (χ4v) is 4.31. The van der Waals surface area contributed by atoms with E-state index in [-0.39, 0.29) is 17.9 Å². The number of anilines is 2. The summed E-state index contributed by atoms with van der Waals surface area (Å²) in [5.74, 6) is -1.19. The van der Waals surface area contributed by atoms with Gasteiger partial charge in [-0.15, -0.1) is 0 Å². The van der Waals surface area contributed by atoms with Crippen molar-refractivity contribution in [2.24, 2.45) is 5.92 Å². The molecule has 5 rings (SSSR count). The summed E-state index contributed by atoms with van der Waals surface area (Å²) >= 11 is 3.39. The Bertz CT molecular complexity index is 1060. The van der Waals surface area contributed by atoms with E-state index in [9.17, 15) is 9.59 Å². The minimum atomic E-state index is -0.850. The van der Waals surface area contributed by atoms with Crippen LogP contribution in [0.25, 0.3) is 0 Å². The van der Waals surface area contributed by atoms with Crippen LogP contribution in [0.5, 0.6) is 0 Å². The van der Waals surface area contributed by atoms with Gasteiger partial charge in [-0.1, -0.05) is 64.5 Å². The number of nitrogens with zero attached hydrogens (tertiary/aromatic N) is 2. The van der Waals surface area contributed by atoms with E-state index < -0.39 is 12.0 Å². The highest BCUT2D eigenvalue weighted by Crippen LogP contribution is 2.47. The van der Waals surface area contributed by atoms with Crippen LogP contribution in [-0.2, 0) is 14.4 Å². The molecule has 3 aromatic rings. The summed E-state index contributed by atoms with van der Waals surface area (Å²) in [6.45, 7) is 0. The van der Waals surface area contributed by atoms with Crippen molar-refractivity contribution >= 4 is 39.1 Å². The number of halogens is 1. The molecule has 6 heteroatoms. The van der Waals surface area contributed by atoms with Gasteiger partial charge in [0, 0.05) is 4.47 Å². The molecule has 2 aliphatic heterocycles. The van der Waals surface area contributed by atoms with E-state index in [1.165, 1.54) is 4.90 Å². The second kappa shape index (κ2) is 7.13. The standard InChI is InChI=1S/C23H17BrN2O3/c24-16-11-13-17(14-12-16)25-22(27)19-20(15-7-3-1-4-8-15)26(29-21(19)23(25)28)18-9-5-2-6-10-18/h1-14,19-21H/t19-,20-,21-/m0/s1. The number of hydrogen-bond donors (Lipinski definition) is 0. The molecule has 5 nitrogen and oxygen atoms in total. The van der Waals surface area contributed by atoms with E-state index >= 15 is 0 Å². The van der Waals surface area contributed by atoms with Gasteiger partial charge in [-0.3, -0.25) is 14.4 Å². The maximum atomic E-state index is 13.4. The number of amides is 2. The van der Waals surface area contributed by atoms with Crippen LogP contribution in [0.3, 0.4) is 0 Å². The number of imide groups is 1. The van der Waals surface area contributed by atoms with Crippen LogP contribution >= 0.6 is 15.9 Å². The van der Waals surface area contributed by atoms with Crippen LogP contribution in [0.2, 0.25) is 0 Å². The number of para-hydroxylation sites is 1. The van der Waals surface area contributed by atoms with Gasteiger partial charge in [-0.25, -0.2) is 9.96 Å². The predicted molar refractivity (Wildman–Crippen MR) is 113 cm³/mol. The molecule has 2 aliphatic rings. The largest absolute Gasteiger partial charge is 0.273 e. The smallest absolute Gasteiger partial charge is 0.266 e. The third-order valence-electron chi connectivity index (χ3n) is 5.35. The molecular weight excluding hydrogens is 432 g/mol. The van der Waals surface area contributed by atoms with Gasteiger partial charge >= 0.3 is 0 Å². The summed E-state index contributed by atoms with van der Waals surface area (Å²) in [7, 11) is 0. The zero-order valence-corrected chi connectivity index (χ0v) is 16.9. The van der Waals surface area contributed by atoms with E-state index in [1.807, 2.05) is 72.8 Å². The highest BCUT2D eigenvalue weighted by molar-refractivity contribution is 9.10. The van der Waals surface area contributed by atoms with Crippen molar-refractivity contribution in [3.63, 3.8) is 0 Å². The summed E-state index contributed by atoms with van der Waals surface area (Å²) in [5, 5.41) is 1.71. The topological polar surface area (TPSA) is 49.9 Å². The molecular formula is C23H17BrN2O3. The molecule has 0 aliphatic carbocycles. The molecule has 0 spiro atoms. The molecule has 3 atom stereocenters. The highest BCUT2D eigenvalue weighted by Gasteiger charge is 2.60. The monoisotopic (exact) mass is 448 g/mol. The lowest BCUT2D eigenvalue weighted by atomic mass is 9.90. The van der Waals surface area contributed by atoms with Gasteiger partial charge in [-0.2, -0.15) is 0 Å². The van der Waals surface area contributed by atoms with Gasteiger partial charge in [0.2, 0.25) is 5.91 Å². The van der Waals surface area contributed by atoms with Gasteiger partial charge in [0.15, 0.2) is 6.10 Å². The van der Waals surface area contributed by atoms with Crippen molar-refractivity contribution in [3.8, 4) is 0 Å². The zero-order chi connectivity index (χ0) is 20.0. The third-order valence-corrected chi connectivity index (χ3v) is 5.88. The lowest BCUT2D eigenvalue weighted by Gasteiger charge is -2.28. The molecule has 0 unspecified atom stereocenters. The van der Waals surface area contributed by atoms with Crippen LogP contribution in [0, 0.1) is 5.92 Å². The second-order valence-electron chi connectivity index (χ2n) is 7.06. The lowest BCUT2D eigenvalue weighted by Crippen LogP contribution is -2.37. The van der Waals surface area contributed by atoms with Crippen LogP contribution in [0.4, 0.5) is 11.4 Å². The predicted octanol–water partition coefficient (Wildman–Crippen LogP) is 4.50. The number of rotatable bonds is 3. The number of hydrogen-bond acceptors (Lipinski definition) is 4. The molecule has 0 N–H and O–H groups in total. The van der Waals surface area contributed by atoms with Crippen molar-refractivity contribution in [3.05, 3.63) is 95.0 Å².